The molecule has 0 aliphatic heterocycles. The van der Waals surface area contributed by atoms with E-state index in [0.29, 0.717) is 35.9 Å². The summed E-state index contributed by atoms with van der Waals surface area (Å²) in [6.07, 6.45) is 2.59. The average Bonchev–Trinajstić information content (AvgIpc) is 3.32. The topological polar surface area (TPSA) is 107 Å². The monoisotopic (exact) mass is 529 g/mol. The van der Waals surface area contributed by atoms with Gasteiger partial charge in [0.1, 0.15) is 5.82 Å². The van der Waals surface area contributed by atoms with Crippen LogP contribution in [0.1, 0.15) is 16.8 Å². The third-order valence-electron chi connectivity index (χ3n) is 5.48. The van der Waals surface area contributed by atoms with Crippen molar-refractivity contribution >= 4 is 23.2 Å². The van der Waals surface area contributed by atoms with Gasteiger partial charge < -0.3 is 15.4 Å². The number of carbonyl (C=O) groups is 1. The number of methoxy groups -OCH3 is 1. The first-order valence-electron chi connectivity index (χ1n) is 11.4. The summed E-state index contributed by atoms with van der Waals surface area (Å²) in [6, 6.07) is 5.07. The molecule has 198 valence electrons. The van der Waals surface area contributed by atoms with Crippen molar-refractivity contribution in [3.05, 3.63) is 77.9 Å². The molecule has 0 fully saturated rings. The molecule has 0 unspecified atom stereocenters. The Morgan fingerprint density at radius 3 is 2.47 bits per heavy atom. The molecule has 3 aromatic heterocycles. The van der Waals surface area contributed by atoms with E-state index in [1.807, 2.05) is 0 Å². The van der Waals surface area contributed by atoms with Crippen molar-refractivity contribution < 1.29 is 27.1 Å². The fourth-order valence-electron chi connectivity index (χ4n) is 3.54. The van der Waals surface area contributed by atoms with Gasteiger partial charge in [0.05, 0.1) is 48.9 Å². The van der Waals surface area contributed by atoms with E-state index in [4.69, 9.17) is 4.74 Å². The first-order chi connectivity index (χ1) is 18.1. The Hall–Kier alpha value is -4.39. The zero-order valence-corrected chi connectivity index (χ0v) is 20.4. The van der Waals surface area contributed by atoms with Gasteiger partial charge >= 0.3 is 6.18 Å². The molecule has 0 saturated heterocycles. The minimum Gasteiger partial charge on any atom is -0.383 e. The van der Waals surface area contributed by atoms with Crippen molar-refractivity contribution in [1.29, 1.82) is 0 Å². The summed E-state index contributed by atoms with van der Waals surface area (Å²) < 4.78 is 60.7. The van der Waals surface area contributed by atoms with Crippen molar-refractivity contribution in [2.75, 3.05) is 24.4 Å². The second-order valence-electron chi connectivity index (χ2n) is 8.29. The molecule has 0 bridgehead atoms. The van der Waals surface area contributed by atoms with Gasteiger partial charge in [0, 0.05) is 37.0 Å². The number of hydrogen-bond acceptors (Lipinski definition) is 7. The maximum Gasteiger partial charge on any atom is 0.418 e. The van der Waals surface area contributed by atoms with Crippen LogP contribution < -0.4 is 10.6 Å². The lowest BCUT2D eigenvalue weighted by molar-refractivity contribution is -0.138. The van der Waals surface area contributed by atoms with Gasteiger partial charge in [0.25, 0.3) is 0 Å². The van der Waals surface area contributed by atoms with Gasteiger partial charge in [-0.25, -0.2) is 14.4 Å². The normalized spacial score (nSPS) is 11.4. The number of halogens is 4. The third-order valence-corrected chi connectivity index (χ3v) is 5.48. The molecule has 0 radical (unpaired) electrons. The lowest BCUT2D eigenvalue weighted by Crippen LogP contribution is -2.17. The molecule has 1 amide bonds. The lowest BCUT2D eigenvalue weighted by Gasteiger charge is -2.12. The van der Waals surface area contributed by atoms with Crippen LogP contribution in [0.5, 0.6) is 0 Å². The lowest BCUT2D eigenvalue weighted by atomic mass is 10.0. The second-order valence-corrected chi connectivity index (χ2v) is 8.29. The van der Waals surface area contributed by atoms with Gasteiger partial charge in [0.2, 0.25) is 11.9 Å². The van der Waals surface area contributed by atoms with E-state index in [9.17, 15) is 22.4 Å². The molecule has 13 heteroatoms. The van der Waals surface area contributed by atoms with E-state index in [1.165, 1.54) is 31.5 Å². The van der Waals surface area contributed by atoms with Crippen molar-refractivity contribution in [2.45, 2.75) is 26.1 Å². The highest BCUT2D eigenvalue weighted by atomic mass is 19.4. The predicted octanol–water partition coefficient (Wildman–Crippen LogP) is 4.77. The minimum absolute atomic E-state index is 0.0760. The minimum atomic E-state index is -4.61. The van der Waals surface area contributed by atoms with E-state index >= 15 is 0 Å². The van der Waals surface area contributed by atoms with Crippen LogP contribution in [0.2, 0.25) is 0 Å². The zero-order chi connectivity index (χ0) is 27.3. The van der Waals surface area contributed by atoms with Crippen LogP contribution in [0.15, 0.2) is 55.2 Å². The van der Waals surface area contributed by atoms with Gasteiger partial charge in [0.15, 0.2) is 0 Å². The fraction of sp³-hybridized carbons (Fsp3) is 0.240. The quantitative estimate of drug-likeness (QED) is 0.301. The molecule has 0 atom stereocenters. The van der Waals surface area contributed by atoms with Crippen LogP contribution in [0, 0.1) is 12.7 Å². The zero-order valence-electron chi connectivity index (χ0n) is 20.4. The Morgan fingerprint density at radius 2 is 1.79 bits per heavy atom. The first-order valence-corrected chi connectivity index (χ1v) is 11.4. The predicted molar refractivity (Wildman–Crippen MR) is 131 cm³/mol. The number of anilines is 3. The van der Waals surface area contributed by atoms with Crippen molar-refractivity contribution in [3.63, 3.8) is 0 Å². The molecule has 4 aromatic rings. The Kier molecular flexibility index (Phi) is 7.96. The average molecular weight is 529 g/mol. The molecule has 2 N–H and O–H groups in total. The summed E-state index contributed by atoms with van der Waals surface area (Å²) in [5.74, 6) is -1.01. The van der Waals surface area contributed by atoms with Crippen LogP contribution in [0.3, 0.4) is 0 Å². The van der Waals surface area contributed by atoms with Crippen LogP contribution in [0.4, 0.5) is 34.9 Å². The number of ether oxygens (including phenoxy) is 1. The molecule has 4 rings (SSSR count). The maximum atomic E-state index is 14.8. The summed E-state index contributed by atoms with van der Waals surface area (Å²) in [7, 11) is 1.61. The molecule has 3 heterocycles. The summed E-state index contributed by atoms with van der Waals surface area (Å²) in [6.45, 7) is 2.35. The molecular formula is C25H23F4N7O2. The van der Waals surface area contributed by atoms with Crippen molar-refractivity contribution in [1.82, 2.24) is 24.7 Å². The Bertz CT molecular complexity index is 1420. The number of aryl methyl sites for hydroxylation is 1. The van der Waals surface area contributed by atoms with Gasteiger partial charge in [-0.05, 0) is 30.2 Å². The summed E-state index contributed by atoms with van der Waals surface area (Å²) in [5, 5.41) is 9.55. The van der Waals surface area contributed by atoms with Crippen LogP contribution in [0.25, 0.3) is 11.1 Å². The summed E-state index contributed by atoms with van der Waals surface area (Å²) in [5.41, 5.74) is 0.518. The molecule has 1 aromatic carbocycles. The second kappa shape index (κ2) is 11.3. The highest BCUT2D eigenvalue weighted by molar-refractivity contribution is 5.92. The van der Waals surface area contributed by atoms with Crippen molar-refractivity contribution in [2.24, 2.45) is 0 Å². The number of alkyl halides is 3. The molecule has 0 spiro atoms. The van der Waals surface area contributed by atoms with E-state index in [0.717, 1.165) is 12.3 Å². The van der Waals surface area contributed by atoms with Gasteiger partial charge in [-0.1, -0.05) is 12.1 Å². The SMILES string of the molecule is COCCn1cc(Nc2ncc(-c3ccc(CC(=O)Nc4cnc(C)c(C(F)(F)F)c4)c(F)c3)cn2)cn1. The number of amides is 1. The number of nitrogens with one attached hydrogen (secondary N) is 2. The van der Waals surface area contributed by atoms with E-state index < -0.39 is 23.5 Å². The number of pyridine rings is 1. The number of benzene rings is 1. The molecule has 0 aliphatic rings. The van der Waals surface area contributed by atoms with Crippen LogP contribution in [-0.2, 0) is 28.7 Å². The fourth-order valence-corrected chi connectivity index (χ4v) is 3.54. The Balaban J connectivity index is 1.39. The van der Waals surface area contributed by atoms with E-state index in [1.54, 1.807) is 30.3 Å². The van der Waals surface area contributed by atoms with Crippen LogP contribution >= 0.6 is 0 Å². The smallest absolute Gasteiger partial charge is 0.383 e. The largest absolute Gasteiger partial charge is 0.418 e. The standard InChI is InChI=1S/C25H23F4N7O2/c1-15-21(25(27,28)29)9-19(12-30-15)34-23(37)8-17-4-3-16(7-22(17)26)18-10-31-24(32-11-18)35-20-13-33-36(14-20)5-6-38-2/h3-4,7,9-14H,5-6,8H2,1-2H3,(H,34,37)(H,31,32,35). The van der Waals surface area contributed by atoms with Crippen molar-refractivity contribution in [3.8, 4) is 11.1 Å². The number of aromatic nitrogens is 5. The van der Waals surface area contributed by atoms with Crippen LogP contribution in [-0.4, -0.2) is 44.4 Å². The number of hydrogen-bond donors (Lipinski definition) is 2. The first kappa shape index (κ1) is 26.7. The highest BCUT2D eigenvalue weighted by Gasteiger charge is 2.33. The third kappa shape index (κ3) is 6.68. The highest BCUT2D eigenvalue weighted by Crippen LogP contribution is 2.32. The number of nitrogens with zero attached hydrogens (tertiary/aromatic N) is 5. The molecule has 9 nitrogen and oxygen atoms in total. The van der Waals surface area contributed by atoms with E-state index in [-0.39, 0.29) is 23.4 Å². The molecule has 0 aliphatic carbocycles. The van der Waals surface area contributed by atoms with Gasteiger partial charge in [-0.2, -0.15) is 18.3 Å². The number of carbonyl (C=O) groups excluding carboxylic acids is 1. The molecule has 0 saturated carbocycles. The Labute approximate surface area is 214 Å². The van der Waals surface area contributed by atoms with E-state index in [2.05, 4.69) is 30.7 Å². The van der Waals surface area contributed by atoms with Gasteiger partial charge in [-0.3, -0.25) is 14.5 Å². The summed E-state index contributed by atoms with van der Waals surface area (Å²) in [4.78, 5) is 24.5. The Morgan fingerprint density at radius 1 is 1.03 bits per heavy atom. The maximum absolute atomic E-state index is 14.8. The molecular weight excluding hydrogens is 506 g/mol. The summed E-state index contributed by atoms with van der Waals surface area (Å²) >= 11 is 0. The number of rotatable bonds is 9. The molecule has 38 heavy (non-hydrogen) atoms. The van der Waals surface area contributed by atoms with Gasteiger partial charge in [-0.15, -0.1) is 0 Å².